The largest absolute Gasteiger partial charge is 0.391 e. The summed E-state index contributed by atoms with van der Waals surface area (Å²) in [7, 11) is 0. The molecule has 1 saturated heterocycles. The number of amides is 2. The SMILES string of the molecule is CCCN(OCc1ccc([N+](=O)[O-])cc1)C(=O)C1=Cc2ccc(-c3ccc(C(=O)N4CC[C@@H](O)C4)cc3)cc2N=C(N)C1. The molecule has 222 valence electrons. The number of β-amino-alcohol motifs (C(OH)–C–C–N with tert-alkyl or cyclic N) is 1. The van der Waals surface area contributed by atoms with Gasteiger partial charge in [0.25, 0.3) is 17.5 Å². The molecule has 1 fully saturated rings. The van der Waals surface area contributed by atoms with E-state index in [0.29, 0.717) is 54.9 Å². The second-order valence-electron chi connectivity index (χ2n) is 10.6. The summed E-state index contributed by atoms with van der Waals surface area (Å²) >= 11 is 0. The van der Waals surface area contributed by atoms with Crippen LogP contribution in [-0.2, 0) is 16.2 Å². The maximum absolute atomic E-state index is 13.5. The number of aliphatic hydroxyl groups is 1. The maximum atomic E-state index is 13.5. The lowest BCUT2D eigenvalue weighted by atomic mass is 10.00. The Balaban J connectivity index is 1.32. The number of hydrogen-bond acceptors (Lipinski definition) is 8. The molecule has 2 aliphatic heterocycles. The molecule has 3 N–H and O–H groups in total. The number of likely N-dealkylation sites (tertiary alicyclic amines) is 1. The molecule has 2 aliphatic rings. The summed E-state index contributed by atoms with van der Waals surface area (Å²) in [6.07, 6.45) is 2.70. The Bertz CT molecular complexity index is 1580. The van der Waals surface area contributed by atoms with Gasteiger partial charge in [0, 0.05) is 54.9 Å². The average Bonchev–Trinajstić information content (AvgIpc) is 3.37. The number of aliphatic hydroxyl groups excluding tert-OH is 1. The number of fused-ring (bicyclic) bond motifs is 1. The third kappa shape index (κ3) is 6.96. The van der Waals surface area contributed by atoms with Crippen molar-refractivity contribution in [3.63, 3.8) is 0 Å². The van der Waals surface area contributed by atoms with Gasteiger partial charge in [-0.2, -0.15) is 0 Å². The maximum Gasteiger partial charge on any atom is 0.273 e. The van der Waals surface area contributed by atoms with Crippen LogP contribution in [0, 0.1) is 10.1 Å². The van der Waals surface area contributed by atoms with E-state index in [2.05, 4.69) is 4.99 Å². The first-order chi connectivity index (χ1) is 20.7. The fourth-order valence-electron chi connectivity index (χ4n) is 5.08. The molecule has 43 heavy (non-hydrogen) atoms. The van der Waals surface area contributed by atoms with Gasteiger partial charge < -0.3 is 15.7 Å². The molecule has 5 rings (SSSR count). The average molecular weight is 584 g/mol. The molecule has 0 aliphatic carbocycles. The standard InChI is InChI=1S/C32H33N5O6/c1-2-14-36(43-20-21-3-11-27(12-4-21)37(41)42)32(40)26-16-25-10-9-24(17-29(25)34-30(33)18-26)22-5-7-23(8-6-22)31(39)35-15-13-28(38)19-35/h3-12,16-17,28,38H,2,13-15,18-20H2,1H3,(H2,33,34)/t28-/m1/s1. The van der Waals surface area contributed by atoms with Gasteiger partial charge in [0.2, 0.25) is 0 Å². The number of nitro groups is 1. The van der Waals surface area contributed by atoms with E-state index in [1.807, 2.05) is 37.3 Å². The smallest absolute Gasteiger partial charge is 0.273 e. The molecule has 0 unspecified atom stereocenters. The summed E-state index contributed by atoms with van der Waals surface area (Å²) in [6.45, 7) is 3.26. The van der Waals surface area contributed by atoms with Crippen molar-refractivity contribution in [3.8, 4) is 11.1 Å². The van der Waals surface area contributed by atoms with Crippen molar-refractivity contribution in [1.29, 1.82) is 0 Å². The number of hydrogen-bond donors (Lipinski definition) is 2. The number of non-ortho nitro benzene ring substituents is 1. The van der Waals surface area contributed by atoms with Gasteiger partial charge in [-0.05, 0) is 65.9 Å². The number of carbonyl (C=O) groups is 2. The van der Waals surface area contributed by atoms with Crippen LogP contribution < -0.4 is 5.73 Å². The zero-order valence-electron chi connectivity index (χ0n) is 23.8. The summed E-state index contributed by atoms with van der Waals surface area (Å²) < 4.78 is 0. The Morgan fingerprint density at radius 1 is 1.12 bits per heavy atom. The molecule has 0 radical (unpaired) electrons. The van der Waals surface area contributed by atoms with Gasteiger partial charge in [0.1, 0.15) is 12.4 Å². The third-order valence-corrected chi connectivity index (χ3v) is 7.37. The first kappa shape index (κ1) is 29.6. The first-order valence-corrected chi connectivity index (χ1v) is 14.2. The van der Waals surface area contributed by atoms with Crippen molar-refractivity contribution in [2.24, 2.45) is 10.7 Å². The van der Waals surface area contributed by atoms with Crippen LogP contribution in [0.3, 0.4) is 0 Å². The molecule has 0 bridgehead atoms. The van der Waals surface area contributed by atoms with Gasteiger partial charge in [-0.15, -0.1) is 0 Å². The van der Waals surface area contributed by atoms with Gasteiger partial charge in [0.05, 0.1) is 16.7 Å². The Morgan fingerprint density at radius 2 is 1.84 bits per heavy atom. The number of nitrogens with two attached hydrogens (primary N) is 1. The van der Waals surface area contributed by atoms with E-state index in [1.165, 1.54) is 17.2 Å². The topological polar surface area (TPSA) is 152 Å². The van der Waals surface area contributed by atoms with Crippen molar-refractivity contribution in [3.05, 3.63) is 99.1 Å². The lowest BCUT2D eigenvalue weighted by Gasteiger charge is -2.22. The molecule has 11 nitrogen and oxygen atoms in total. The highest BCUT2D eigenvalue weighted by Crippen LogP contribution is 2.32. The van der Waals surface area contributed by atoms with Gasteiger partial charge >= 0.3 is 0 Å². The second-order valence-corrected chi connectivity index (χ2v) is 10.6. The number of nitro benzene ring substituents is 1. The van der Waals surface area contributed by atoms with Gasteiger partial charge in [-0.3, -0.25) is 24.5 Å². The molecule has 1 atom stereocenters. The minimum Gasteiger partial charge on any atom is -0.391 e. The minimum atomic E-state index is -0.468. The highest BCUT2D eigenvalue weighted by Gasteiger charge is 2.26. The number of rotatable bonds is 9. The molecule has 3 aromatic carbocycles. The zero-order valence-corrected chi connectivity index (χ0v) is 23.8. The van der Waals surface area contributed by atoms with Gasteiger partial charge in [-0.25, -0.2) is 10.1 Å². The van der Waals surface area contributed by atoms with E-state index < -0.39 is 11.0 Å². The van der Waals surface area contributed by atoms with Crippen molar-refractivity contribution >= 4 is 35.1 Å². The van der Waals surface area contributed by atoms with E-state index in [9.17, 15) is 24.8 Å². The third-order valence-electron chi connectivity index (χ3n) is 7.37. The fraction of sp³-hybridized carbons (Fsp3) is 0.281. The molecular weight excluding hydrogens is 550 g/mol. The molecule has 3 aromatic rings. The van der Waals surface area contributed by atoms with Crippen LogP contribution in [0.2, 0.25) is 0 Å². The lowest BCUT2D eigenvalue weighted by molar-refractivity contribution is -0.384. The highest BCUT2D eigenvalue weighted by molar-refractivity contribution is 6.05. The lowest BCUT2D eigenvalue weighted by Crippen LogP contribution is -2.34. The molecule has 0 aromatic heterocycles. The molecule has 2 amide bonds. The van der Waals surface area contributed by atoms with Crippen LogP contribution in [0.4, 0.5) is 11.4 Å². The molecule has 11 heteroatoms. The second kappa shape index (κ2) is 13.0. The number of aliphatic imine (C=N–C) groups is 1. The Labute approximate surface area is 249 Å². The number of hydroxylamine groups is 2. The minimum absolute atomic E-state index is 0.0170. The molecule has 0 saturated carbocycles. The Kier molecular flexibility index (Phi) is 8.93. The molecule has 2 heterocycles. The summed E-state index contributed by atoms with van der Waals surface area (Å²) in [6, 6.07) is 19.0. The number of benzene rings is 3. The summed E-state index contributed by atoms with van der Waals surface area (Å²) in [4.78, 5) is 48.8. The predicted octanol–water partition coefficient (Wildman–Crippen LogP) is 4.61. The normalized spacial score (nSPS) is 16.1. The summed E-state index contributed by atoms with van der Waals surface area (Å²) in [5.74, 6) is -0.140. The van der Waals surface area contributed by atoms with E-state index in [4.69, 9.17) is 10.6 Å². The first-order valence-electron chi connectivity index (χ1n) is 14.2. The Morgan fingerprint density at radius 3 is 2.49 bits per heavy atom. The monoisotopic (exact) mass is 583 g/mol. The number of nitrogens with zero attached hydrogens (tertiary/aromatic N) is 4. The fourth-order valence-corrected chi connectivity index (χ4v) is 5.08. The van der Waals surface area contributed by atoms with E-state index in [0.717, 1.165) is 16.7 Å². The number of carbonyl (C=O) groups excluding carboxylic acids is 2. The quantitative estimate of drug-likeness (QED) is 0.276. The molecule has 0 spiro atoms. The summed E-state index contributed by atoms with van der Waals surface area (Å²) in [5, 5.41) is 22.0. The number of amidine groups is 1. The van der Waals surface area contributed by atoms with E-state index in [-0.39, 0.29) is 36.4 Å². The Hall–Kier alpha value is -4.87. The van der Waals surface area contributed by atoms with Crippen LogP contribution in [0.15, 0.2) is 77.3 Å². The van der Waals surface area contributed by atoms with Crippen molar-refractivity contribution in [2.45, 2.75) is 38.9 Å². The van der Waals surface area contributed by atoms with Crippen LogP contribution in [0.5, 0.6) is 0 Å². The van der Waals surface area contributed by atoms with Gasteiger partial charge in [-0.1, -0.05) is 31.2 Å². The van der Waals surface area contributed by atoms with E-state index in [1.54, 1.807) is 35.2 Å². The van der Waals surface area contributed by atoms with Crippen molar-refractivity contribution in [1.82, 2.24) is 9.96 Å². The van der Waals surface area contributed by atoms with Crippen molar-refractivity contribution < 1.29 is 24.5 Å². The van der Waals surface area contributed by atoms with E-state index >= 15 is 0 Å². The van der Waals surface area contributed by atoms with Crippen molar-refractivity contribution in [2.75, 3.05) is 19.6 Å². The summed E-state index contributed by atoms with van der Waals surface area (Å²) in [5.41, 5.74) is 11.1. The van der Waals surface area contributed by atoms with Crippen LogP contribution in [0.25, 0.3) is 17.2 Å². The van der Waals surface area contributed by atoms with Gasteiger partial charge in [0.15, 0.2) is 0 Å². The van der Waals surface area contributed by atoms with Crippen LogP contribution in [-0.4, -0.2) is 63.4 Å². The zero-order chi connectivity index (χ0) is 30.5. The highest BCUT2D eigenvalue weighted by atomic mass is 16.7. The van der Waals surface area contributed by atoms with Crippen LogP contribution >= 0.6 is 0 Å². The predicted molar refractivity (Wildman–Crippen MR) is 162 cm³/mol. The van der Waals surface area contributed by atoms with Crippen LogP contribution in [0.1, 0.15) is 47.7 Å². The molecular formula is C32H33N5O6.